The molecule has 0 spiro atoms. The lowest BCUT2D eigenvalue weighted by Crippen LogP contribution is -2.10. The van der Waals surface area contributed by atoms with E-state index in [-0.39, 0.29) is 5.56 Å². The quantitative estimate of drug-likeness (QED) is 0.757. The molecule has 1 aliphatic carbocycles. The maximum absolute atomic E-state index is 11.7. The fourth-order valence-corrected chi connectivity index (χ4v) is 2.30. The Kier molecular flexibility index (Phi) is 1.48. The summed E-state index contributed by atoms with van der Waals surface area (Å²) in [5.74, 6) is 0. The first-order valence-electron chi connectivity index (χ1n) is 5.28. The molecule has 3 rings (SSSR count). The minimum atomic E-state index is 0.0141. The standard InChI is InChI=1S/C12H14N2O/c1-12(2)7-9(12)14-6-4-8-3-5-13-11(15)10(8)14/h3-6,9H,7H2,1-2H3,(H,13,15). The summed E-state index contributed by atoms with van der Waals surface area (Å²) < 4.78 is 2.12. The number of aromatic nitrogens is 2. The summed E-state index contributed by atoms with van der Waals surface area (Å²) in [6.45, 7) is 4.47. The van der Waals surface area contributed by atoms with E-state index in [0.717, 1.165) is 17.3 Å². The van der Waals surface area contributed by atoms with Gasteiger partial charge in [-0.3, -0.25) is 4.79 Å². The number of fused-ring (bicyclic) bond motifs is 1. The van der Waals surface area contributed by atoms with Crippen LogP contribution in [0.4, 0.5) is 0 Å². The predicted octanol–water partition coefficient (Wildman–Crippen LogP) is 2.30. The molecule has 1 aliphatic rings. The fraction of sp³-hybridized carbons (Fsp3) is 0.417. The van der Waals surface area contributed by atoms with Gasteiger partial charge in [0, 0.05) is 23.8 Å². The lowest BCUT2D eigenvalue weighted by molar-refractivity contribution is 0.550. The van der Waals surface area contributed by atoms with Crippen molar-refractivity contribution < 1.29 is 0 Å². The van der Waals surface area contributed by atoms with E-state index < -0.39 is 0 Å². The molecule has 2 heterocycles. The van der Waals surface area contributed by atoms with Crippen LogP contribution in [0, 0.1) is 5.41 Å². The minimum absolute atomic E-state index is 0.0141. The van der Waals surface area contributed by atoms with E-state index in [4.69, 9.17) is 0 Å². The van der Waals surface area contributed by atoms with Crippen molar-refractivity contribution in [3.05, 3.63) is 34.9 Å². The number of H-pyrrole nitrogens is 1. The molecule has 2 aromatic rings. The molecular formula is C12H14N2O. The zero-order valence-corrected chi connectivity index (χ0v) is 8.95. The molecule has 1 N–H and O–H groups in total. The smallest absolute Gasteiger partial charge is 0.272 e. The lowest BCUT2D eigenvalue weighted by Gasteiger charge is -2.06. The van der Waals surface area contributed by atoms with Crippen LogP contribution in [-0.4, -0.2) is 9.55 Å². The highest BCUT2D eigenvalue weighted by Gasteiger charge is 2.47. The number of hydrogen-bond donors (Lipinski definition) is 1. The Morgan fingerprint density at radius 3 is 2.87 bits per heavy atom. The molecule has 1 fully saturated rings. The van der Waals surface area contributed by atoms with Gasteiger partial charge in [0.1, 0.15) is 5.52 Å². The van der Waals surface area contributed by atoms with Gasteiger partial charge < -0.3 is 9.55 Å². The van der Waals surface area contributed by atoms with Crippen molar-refractivity contribution in [1.82, 2.24) is 9.55 Å². The molecule has 1 atom stereocenters. The normalized spacial score (nSPS) is 23.2. The highest BCUT2D eigenvalue weighted by atomic mass is 16.1. The average molecular weight is 202 g/mol. The number of nitrogens with zero attached hydrogens (tertiary/aromatic N) is 1. The third-order valence-corrected chi connectivity index (χ3v) is 3.44. The third-order valence-electron chi connectivity index (χ3n) is 3.44. The highest BCUT2D eigenvalue weighted by Crippen LogP contribution is 2.56. The van der Waals surface area contributed by atoms with Crippen molar-refractivity contribution in [1.29, 1.82) is 0 Å². The Morgan fingerprint density at radius 2 is 2.20 bits per heavy atom. The Morgan fingerprint density at radius 1 is 1.47 bits per heavy atom. The molecule has 78 valence electrons. The average Bonchev–Trinajstić information content (AvgIpc) is 2.62. The molecule has 2 aromatic heterocycles. The number of nitrogens with one attached hydrogen (secondary N) is 1. The van der Waals surface area contributed by atoms with Crippen LogP contribution in [0.2, 0.25) is 0 Å². The Bertz CT molecular complexity index is 577. The molecule has 15 heavy (non-hydrogen) atoms. The fourth-order valence-electron chi connectivity index (χ4n) is 2.30. The van der Waals surface area contributed by atoms with Gasteiger partial charge in [0.2, 0.25) is 0 Å². The van der Waals surface area contributed by atoms with Gasteiger partial charge in [-0.05, 0) is 24.0 Å². The summed E-state index contributed by atoms with van der Waals surface area (Å²) in [5.41, 5.74) is 1.17. The van der Waals surface area contributed by atoms with Crippen LogP contribution >= 0.6 is 0 Å². The van der Waals surface area contributed by atoms with Gasteiger partial charge in [-0.1, -0.05) is 13.8 Å². The van der Waals surface area contributed by atoms with Crippen molar-refractivity contribution in [3.8, 4) is 0 Å². The molecule has 3 nitrogen and oxygen atoms in total. The van der Waals surface area contributed by atoms with E-state index >= 15 is 0 Å². The molecular weight excluding hydrogens is 188 g/mol. The summed E-state index contributed by atoms with van der Waals surface area (Å²) in [7, 11) is 0. The van der Waals surface area contributed by atoms with Crippen LogP contribution in [0.25, 0.3) is 10.9 Å². The van der Waals surface area contributed by atoms with Crippen molar-refractivity contribution in [2.75, 3.05) is 0 Å². The molecule has 1 saturated carbocycles. The first-order valence-corrected chi connectivity index (χ1v) is 5.28. The van der Waals surface area contributed by atoms with Crippen molar-refractivity contribution >= 4 is 10.9 Å². The van der Waals surface area contributed by atoms with Gasteiger partial charge in [-0.2, -0.15) is 0 Å². The van der Waals surface area contributed by atoms with Gasteiger partial charge in [0.15, 0.2) is 0 Å². The van der Waals surface area contributed by atoms with Crippen LogP contribution < -0.4 is 5.56 Å². The molecule has 0 radical (unpaired) electrons. The van der Waals surface area contributed by atoms with E-state index in [0.29, 0.717) is 11.5 Å². The second kappa shape index (κ2) is 2.54. The molecule has 1 unspecified atom stereocenters. The lowest BCUT2D eigenvalue weighted by atomic mass is 10.2. The first-order chi connectivity index (χ1) is 7.09. The van der Waals surface area contributed by atoms with E-state index in [1.807, 2.05) is 18.3 Å². The zero-order chi connectivity index (χ0) is 10.6. The van der Waals surface area contributed by atoms with Gasteiger partial charge in [-0.25, -0.2) is 0 Å². The minimum Gasteiger partial charge on any atom is -0.339 e. The number of aromatic amines is 1. The highest BCUT2D eigenvalue weighted by molar-refractivity contribution is 5.79. The second-order valence-corrected chi connectivity index (χ2v) is 5.04. The van der Waals surface area contributed by atoms with Crippen LogP contribution in [0.5, 0.6) is 0 Å². The SMILES string of the molecule is CC1(C)CC1n1ccc2cc[nH]c(=O)c21. The van der Waals surface area contributed by atoms with E-state index in [1.54, 1.807) is 6.20 Å². The Labute approximate surface area is 87.7 Å². The number of hydrogen-bond acceptors (Lipinski definition) is 1. The van der Waals surface area contributed by atoms with E-state index in [2.05, 4.69) is 23.4 Å². The predicted molar refractivity (Wildman–Crippen MR) is 60.0 cm³/mol. The summed E-state index contributed by atoms with van der Waals surface area (Å²) in [6.07, 6.45) is 4.89. The topological polar surface area (TPSA) is 37.8 Å². The molecule has 0 bridgehead atoms. The molecule has 0 aliphatic heterocycles. The second-order valence-electron chi connectivity index (χ2n) is 5.04. The molecule has 3 heteroatoms. The van der Waals surface area contributed by atoms with Crippen molar-refractivity contribution in [3.63, 3.8) is 0 Å². The number of rotatable bonds is 1. The number of pyridine rings is 1. The molecule has 0 saturated heterocycles. The van der Waals surface area contributed by atoms with E-state index in [1.165, 1.54) is 0 Å². The van der Waals surface area contributed by atoms with Crippen LogP contribution in [0.1, 0.15) is 26.3 Å². The molecule has 0 amide bonds. The first kappa shape index (κ1) is 8.77. The summed E-state index contributed by atoms with van der Waals surface area (Å²) in [4.78, 5) is 14.5. The maximum atomic E-state index is 11.7. The third kappa shape index (κ3) is 1.16. The van der Waals surface area contributed by atoms with Gasteiger partial charge in [-0.15, -0.1) is 0 Å². The van der Waals surface area contributed by atoms with Crippen LogP contribution in [0.3, 0.4) is 0 Å². The van der Waals surface area contributed by atoms with Gasteiger partial charge >= 0.3 is 0 Å². The van der Waals surface area contributed by atoms with Crippen molar-refractivity contribution in [2.45, 2.75) is 26.3 Å². The summed E-state index contributed by atoms with van der Waals surface area (Å²) >= 11 is 0. The Balaban J connectivity index is 2.25. The maximum Gasteiger partial charge on any atom is 0.272 e. The molecule has 0 aromatic carbocycles. The zero-order valence-electron chi connectivity index (χ0n) is 8.95. The van der Waals surface area contributed by atoms with Crippen molar-refractivity contribution in [2.24, 2.45) is 5.41 Å². The van der Waals surface area contributed by atoms with Gasteiger partial charge in [0.25, 0.3) is 5.56 Å². The van der Waals surface area contributed by atoms with Crippen LogP contribution in [-0.2, 0) is 0 Å². The summed E-state index contributed by atoms with van der Waals surface area (Å²) in [5, 5.41) is 1.03. The Hall–Kier alpha value is -1.51. The largest absolute Gasteiger partial charge is 0.339 e. The van der Waals surface area contributed by atoms with E-state index in [9.17, 15) is 4.79 Å². The van der Waals surface area contributed by atoms with Crippen LogP contribution in [0.15, 0.2) is 29.3 Å². The summed E-state index contributed by atoms with van der Waals surface area (Å²) in [6, 6.07) is 4.44. The van der Waals surface area contributed by atoms with Gasteiger partial charge in [0.05, 0.1) is 0 Å². The monoisotopic (exact) mass is 202 g/mol.